The van der Waals surface area contributed by atoms with Crippen molar-refractivity contribution in [2.24, 2.45) is 5.92 Å². The number of thiazole rings is 1. The molecule has 0 aliphatic carbocycles. The summed E-state index contributed by atoms with van der Waals surface area (Å²) in [5.41, 5.74) is 0.960. The molecule has 8 heteroatoms. The highest BCUT2D eigenvalue weighted by atomic mass is 32.1. The van der Waals surface area contributed by atoms with Crippen LogP contribution in [0.4, 0.5) is 20.2 Å². The van der Waals surface area contributed by atoms with Crippen LogP contribution in [0.1, 0.15) is 11.4 Å². The van der Waals surface area contributed by atoms with E-state index in [0.717, 1.165) is 27.4 Å². The van der Waals surface area contributed by atoms with Crippen molar-refractivity contribution in [2.75, 3.05) is 16.8 Å². The van der Waals surface area contributed by atoms with Gasteiger partial charge in [0, 0.05) is 18.7 Å². The Labute approximate surface area is 157 Å². The Balaban J connectivity index is 1.53. The first-order chi connectivity index (χ1) is 12.9. The standard InChI is InChI=1S/C19H15F2N3O2S/c1-10-22-15-8-12(5-6-16(15)27-10)24-9-11(7-17(24)25)19(26)23-18-13(20)3-2-4-14(18)21/h2-6,8,11H,7,9H2,1H3,(H,23,26). The molecule has 138 valence electrons. The minimum Gasteiger partial charge on any atom is -0.321 e. The molecule has 0 bridgehead atoms. The molecule has 1 atom stereocenters. The van der Waals surface area contributed by atoms with E-state index in [4.69, 9.17) is 0 Å². The molecule has 3 aromatic rings. The smallest absolute Gasteiger partial charge is 0.229 e. The molecule has 0 spiro atoms. The van der Waals surface area contributed by atoms with Gasteiger partial charge < -0.3 is 10.2 Å². The van der Waals surface area contributed by atoms with Gasteiger partial charge in [0.15, 0.2) is 0 Å². The van der Waals surface area contributed by atoms with Crippen LogP contribution in [-0.4, -0.2) is 23.3 Å². The number of aryl methyl sites for hydroxylation is 1. The fraction of sp³-hybridized carbons (Fsp3) is 0.211. The van der Waals surface area contributed by atoms with E-state index in [0.29, 0.717) is 5.69 Å². The quantitative estimate of drug-likeness (QED) is 0.742. The van der Waals surface area contributed by atoms with Gasteiger partial charge in [-0.25, -0.2) is 13.8 Å². The lowest BCUT2D eigenvalue weighted by Crippen LogP contribution is -2.28. The molecule has 1 aliphatic heterocycles. The second kappa shape index (κ2) is 6.70. The number of hydrogen-bond donors (Lipinski definition) is 1. The maximum absolute atomic E-state index is 13.7. The lowest BCUT2D eigenvalue weighted by atomic mass is 10.1. The summed E-state index contributed by atoms with van der Waals surface area (Å²) in [4.78, 5) is 30.7. The number of amides is 2. The molecule has 2 heterocycles. The number of fused-ring (bicyclic) bond motifs is 1. The summed E-state index contributed by atoms with van der Waals surface area (Å²) in [5, 5.41) is 3.20. The molecule has 1 aromatic heterocycles. The normalized spacial score (nSPS) is 16.9. The zero-order valence-corrected chi connectivity index (χ0v) is 15.1. The first kappa shape index (κ1) is 17.5. The maximum atomic E-state index is 13.7. The number of aromatic nitrogens is 1. The molecular weight excluding hydrogens is 372 g/mol. The van der Waals surface area contributed by atoms with Gasteiger partial charge >= 0.3 is 0 Å². The average molecular weight is 387 g/mol. The van der Waals surface area contributed by atoms with Gasteiger partial charge in [-0.2, -0.15) is 0 Å². The van der Waals surface area contributed by atoms with Gasteiger partial charge in [0.1, 0.15) is 17.3 Å². The average Bonchev–Trinajstić information content (AvgIpc) is 3.19. The molecule has 27 heavy (non-hydrogen) atoms. The Morgan fingerprint density at radius 2 is 2.00 bits per heavy atom. The molecule has 1 saturated heterocycles. The molecular formula is C19H15F2N3O2S. The predicted molar refractivity (Wildman–Crippen MR) is 99.8 cm³/mol. The Morgan fingerprint density at radius 1 is 1.26 bits per heavy atom. The zero-order chi connectivity index (χ0) is 19.1. The Hall–Kier alpha value is -2.87. The van der Waals surface area contributed by atoms with E-state index in [2.05, 4.69) is 10.3 Å². The second-order valence-corrected chi connectivity index (χ2v) is 7.61. The monoisotopic (exact) mass is 387 g/mol. The van der Waals surface area contributed by atoms with Gasteiger partial charge in [0.25, 0.3) is 0 Å². The summed E-state index contributed by atoms with van der Waals surface area (Å²) >= 11 is 1.56. The Bertz CT molecular complexity index is 1050. The van der Waals surface area contributed by atoms with Crippen LogP contribution in [0.15, 0.2) is 36.4 Å². The number of carbonyl (C=O) groups is 2. The van der Waals surface area contributed by atoms with E-state index in [1.807, 2.05) is 25.1 Å². The summed E-state index contributed by atoms with van der Waals surface area (Å²) in [6.45, 7) is 2.06. The molecule has 5 nitrogen and oxygen atoms in total. The third-order valence-electron chi connectivity index (χ3n) is 4.50. The van der Waals surface area contributed by atoms with Gasteiger partial charge in [-0.05, 0) is 37.3 Å². The molecule has 1 unspecified atom stereocenters. The molecule has 1 N–H and O–H groups in total. The third kappa shape index (κ3) is 3.28. The minimum atomic E-state index is -0.853. The number of halogens is 2. The molecule has 2 amide bonds. The fourth-order valence-electron chi connectivity index (χ4n) is 3.17. The van der Waals surface area contributed by atoms with Crippen LogP contribution < -0.4 is 10.2 Å². The second-order valence-electron chi connectivity index (χ2n) is 6.38. The lowest BCUT2D eigenvalue weighted by molar-refractivity contribution is -0.122. The number of benzene rings is 2. The maximum Gasteiger partial charge on any atom is 0.229 e. The molecule has 0 radical (unpaired) electrons. The number of anilines is 2. The van der Waals surface area contributed by atoms with Gasteiger partial charge in [0.05, 0.1) is 21.1 Å². The van der Waals surface area contributed by atoms with Crippen molar-refractivity contribution in [2.45, 2.75) is 13.3 Å². The summed E-state index contributed by atoms with van der Waals surface area (Å²) < 4.78 is 28.5. The first-order valence-electron chi connectivity index (χ1n) is 8.35. The van der Waals surface area contributed by atoms with Crippen molar-refractivity contribution >= 4 is 44.7 Å². The predicted octanol–water partition coefficient (Wildman–Crippen LogP) is 3.87. The fourth-order valence-corrected chi connectivity index (χ4v) is 3.98. The summed E-state index contributed by atoms with van der Waals surface area (Å²) in [6.07, 6.45) is -0.0178. The van der Waals surface area contributed by atoms with Gasteiger partial charge in [-0.1, -0.05) is 6.07 Å². The van der Waals surface area contributed by atoms with Crippen molar-refractivity contribution in [3.63, 3.8) is 0 Å². The van der Waals surface area contributed by atoms with E-state index in [9.17, 15) is 18.4 Å². The van der Waals surface area contributed by atoms with Crippen LogP contribution in [0.25, 0.3) is 10.2 Å². The van der Waals surface area contributed by atoms with Crippen molar-refractivity contribution in [3.8, 4) is 0 Å². The van der Waals surface area contributed by atoms with Crippen LogP contribution in [-0.2, 0) is 9.59 Å². The number of nitrogens with one attached hydrogen (secondary N) is 1. The molecule has 1 aliphatic rings. The summed E-state index contributed by atoms with van der Waals surface area (Å²) in [5.74, 6) is -3.19. The third-order valence-corrected chi connectivity index (χ3v) is 5.45. The van der Waals surface area contributed by atoms with E-state index in [1.54, 1.807) is 11.3 Å². The largest absolute Gasteiger partial charge is 0.321 e. The summed E-state index contributed by atoms with van der Waals surface area (Å²) in [6, 6.07) is 8.87. The van der Waals surface area contributed by atoms with Crippen LogP contribution >= 0.6 is 11.3 Å². The minimum absolute atomic E-state index is 0.0178. The van der Waals surface area contributed by atoms with Crippen molar-refractivity contribution in [3.05, 3.63) is 53.0 Å². The van der Waals surface area contributed by atoms with Crippen LogP contribution in [0.5, 0.6) is 0 Å². The van der Waals surface area contributed by atoms with Crippen LogP contribution in [0, 0.1) is 24.5 Å². The van der Waals surface area contributed by atoms with E-state index in [1.165, 1.54) is 11.0 Å². The van der Waals surface area contributed by atoms with E-state index >= 15 is 0 Å². The molecule has 2 aromatic carbocycles. The van der Waals surface area contributed by atoms with Gasteiger partial charge in [0.2, 0.25) is 11.8 Å². The van der Waals surface area contributed by atoms with Crippen molar-refractivity contribution in [1.82, 2.24) is 4.98 Å². The lowest BCUT2D eigenvalue weighted by Gasteiger charge is -2.17. The van der Waals surface area contributed by atoms with Crippen LogP contribution in [0.3, 0.4) is 0 Å². The number of para-hydroxylation sites is 1. The highest BCUT2D eigenvalue weighted by Crippen LogP contribution is 2.31. The number of hydrogen-bond acceptors (Lipinski definition) is 4. The van der Waals surface area contributed by atoms with E-state index in [-0.39, 0.29) is 18.9 Å². The summed E-state index contributed by atoms with van der Waals surface area (Å²) in [7, 11) is 0. The van der Waals surface area contributed by atoms with Crippen molar-refractivity contribution in [1.29, 1.82) is 0 Å². The SMILES string of the molecule is Cc1nc2cc(N3CC(C(=O)Nc4c(F)cccc4F)CC3=O)ccc2s1. The molecule has 4 rings (SSSR count). The highest BCUT2D eigenvalue weighted by molar-refractivity contribution is 7.18. The topological polar surface area (TPSA) is 62.3 Å². The highest BCUT2D eigenvalue weighted by Gasteiger charge is 2.35. The van der Waals surface area contributed by atoms with Crippen LogP contribution in [0.2, 0.25) is 0 Å². The van der Waals surface area contributed by atoms with Crippen molar-refractivity contribution < 1.29 is 18.4 Å². The molecule has 1 fully saturated rings. The van der Waals surface area contributed by atoms with Gasteiger partial charge in [-0.3, -0.25) is 9.59 Å². The molecule has 0 saturated carbocycles. The zero-order valence-electron chi connectivity index (χ0n) is 14.3. The Morgan fingerprint density at radius 3 is 2.74 bits per heavy atom. The Kier molecular flexibility index (Phi) is 4.35. The van der Waals surface area contributed by atoms with E-state index < -0.39 is 29.1 Å². The number of rotatable bonds is 3. The number of carbonyl (C=O) groups excluding carboxylic acids is 2. The van der Waals surface area contributed by atoms with Gasteiger partial charge in [-0.15, -0.1) is 11.3 Å². The first-order valence-corrected chi connectivity index (χ1v) is 9.16. The number of nitrogens with zero attached hydrogens (tertiary/aromatic N) is 2.